The first-order chi connectivity index (χ1) is 12.2. The maximum atomic E-state index is 12.4. The number of thiazole rings is 1. The highest BCUT2D eigenvalue weighted by Crippen LogP contribution is 2.38. The van der Waals surface area contributed by atoms with Gasteiger partial charge in [0.15, 0.2) is 10.9 Å². The Morgan fingerprint density at radius 2 is 2.04 bits per heavy atom. The SMILES string of the molecule is COc1c(Cl)ccc2sc(N3CCN(C(=O)c4cccs4)CC3)nc12. The van der Waals surface area contributed by atoms with E-state index in [2.05, 4.69) is 4.90 Å². The molecule has 1 fully saturated rings. The summed E-state index contributed by atoms with van der Waals surface area (Å²) in [7, 11) is 1.61. The number of hydrogen-bond acceptors (Lipinski definition) is 6. The molecule has 0 atom stereocenters. The Hall–Kier alpha value is -1.83. The fourth-order valence-electron chi connectivity index (χ4n) is 2.92. The number of rotatable bonds is 3. The summed E-state index contributed by atoms with van der Waals surface area (Å²) in [5.74, 6) is 0.737. The molecule has 1 aliphatic heterocycles. The minimum Gasteiger partial charge on any atom is -0.493 e. The zero-order chi connectivity index (χ0) is 17.4. The number of thiophene rings is 1. The lowest BCUT2D eigenvalue weighted by Gasteiger charge is -2.34. The number of ether oxygens (including phenoxy) is 1. The number of fused-ring (bicyclic) bond motifs is 1. The molecule has 25 heavy (non-hydrogen) atoms. The van der Waals surface area contributed by atoms with Crippen LogP contribution < -0.4 is 9.64 Å². The minimum atomic E-state index is 0.118. The summed E-state index contributed by atoms with van der Waals surface area (Å²) in [4.78, 5) is 22.1. The number of aromatic nitrogens is 1. The van der Waals surface area contributed by atoms with Crippen LogP contribution >= 0.6 is 34.3 Å². The monoisotopic (exact) mass is 393 g/mol. The van der Waals surface area contributed by atoms with Crippen molar-refractivity contribution in [3.63, 3.8) is 0 Å². The van der Waals surface area contributed by atoms with E-state index in [1.807, 2.05) is 34.5 Å². The third-order valence-corrected chi connectivity index (χ3v) is 6.47. The normalized spacial score (nSPS) is 15.0. The van der Waals surface area contributed by atoms with E-state index in [9.17, 15) is 4.79 Å². The number of methoxy groups -OCH3 is 1. The summed E-state index contributed by atoms with van der Waals surface area (Å²) in [5, 5.41) is 3.44. The Kier molecular flexibility index (Phi) is 4.54. The molecule has 130 valence electrons. The van der Waals surface area contributed by atoms with Gasteiger partial charge < -0.3 is 14.5 Å². The molecule has 0 N–H and O–H groups in total. The molecule has 1 aromatic carbocycles. The summed E-state index contributed by atoms with van der Waals surface area (Å²) in [6, 6.07) is 7.59. The van der Waals surface area contributed by atoms with Crippen molar-refractivity contribution >= 4 is 55.5 Å². The number of benzene rings is 1. The van der Waals surface area contributed by atoms with Crippen molar-refractivity contribution < 1.29 is 9.53 Å². The van der Waals surface area contributed by atoms with Crippen LogP contribution in [0.25, 0.3) is 10.2 Å². The van der Waals surface area contributed by atoms with E-state index in [4.69, 9.17) is 21.3 Å². The molecule has 1 saturated heterocycles. The zero-order valence-corrected chi connectivity index (χ0v) is 16.0. The van der Waals surface area contributed by atoms with Gasteiger partial charge in [0.2, 0.25) is 0 Å². The molecule has 0 aliphatic carbocycles. The molecule has 1 aliphatic rings. The van der Waals surface area contributed by atoms with Crippen molar-refractivity contribution in [1.82, 2.24) is 9.88 Å². The van der Waals surface area contributed by atoms with E-state index in [0.29, 0.717) is 23.9 Å². The van der Waals surface area contributed by atoms with E-state index in [1.165, 1.54) is 11.3 Å². The molecule has 0 radical (unpaired) electrons. The number of amides is 1. The van der Waals surface area contributed by atoms with Crippen LogP contribution in [-0.2, 0) is 0 Å². The van der Waals surface area contributed by atoms with E-state index in [0.717, 1.165) is 33.3 Å². The van der Waals surface area contributed by atoms with E-state index in [-0.39, 0.29) is 5.91 Å². The molecule has 0 spiro atoms. The summed E-state index contributed by atoms with van der Waals surface area (Å²) in [6.45, 7) is 2.94. The maximum Gasteiger partial charge on any atom is 0.264 e. The molecular formula is C17H16ClN3O2S2. The topological polar surface area (TPSA) is 45.7 Å². The van der Waals surface area contributed by atoms with E-state index in [1.54, 1.807) is 18.4 Å². The number of carbonyl (C=O) groups is 1. The summed E-state index contributed by atoms with van der Waals surface area (Å²) < 4.78 is 6.44. The first-order valence-electron chi connectivity index (χ1n) is 7.88. The highest BCUT2D eigenvalue weighted by Gasteiger charge is 2.25. The van der Waals surface area contributed by atoms with Gasteiger partial charge in [0.05, 0.1) is 21.7 Å². The van der Waals surface area contributed by atoms with Crippen LogP contribution in [0.3, 0.4) is 0 Å². The molecule has 4 rings (SSSR count). The number of carbonyl (C=O) groups excluding carboxylic acids is 1. The molecule has 0 bridgehead atoms. The fraction of sp³-hybridized carbons (Fsp3) is 0.294. The Balaban J connectivity index is 1.51. The van der Waals surface area contributed by atoms with Gasteiger partial charge in [-0.05, 0) is 23.6 Å². The molecule has 1 amide bonds. The molecular weight excluding hydrogens is 378 g/mol. The van der Waals surface area contributed by atoms with Gasteiger partial charge in [-0.1, -0.05) is 29.0 Å². The van der Waals surface area contributed by atoms with Gasteiger partial charge >= 0.3 is 0 Å². The zero-order valence-electron chi connectivity index (χ0n) is 13.6. The molecule has 0 unspecified atom stereocenters. The van der Waals surface area contributed by atoms with E-state index >= 15 is 0 Å². The van der Waals surface area contributed by atoms with Crippen molar-refractivity contribution in [2.45, 2.75) is 0 Å². The van der Waals surface area contributed by atoms with Gasteiger partial charge in [-0.2, -0.15) is 0 Å². The van der Waals surface area contributed by atoms with Crippen molar-refractivity contribution in [2.75, 3.05) is 38.2 Å². The van der Waals surface area contributed by atoms with E-state index < -0.39 is 0 Å². The number of piperazine rings is 1. The second-order valence-electron chi connectivity index (χ2n) is 5.68. The van der Waals surface area contributed by atoms with Gasteiger partial charge in [0, 0.05) is 26.2 Å². The third-order valence-electron chi connectivity index (χ3n) is 4.23. The Bertz CT molecular complexity index is 902. The second-order valence-corrected chi connectivity index (χ2v) is 8.04. The second kappa shape index (κ2) is 6.82. The third kappa shape index (κ3) is 3.07. The maximum absolute atomic E-state index is 12.4. The number of hydrogen-bond donors (Lipinski definition) is 0. The summed E-state index contributed by atoms with van der Waals surface area (Å²) >= 11 is 9.30. The van der Waals surface area contributed by atoms with Gasteiger partial charge in [0.1, 0.15) is 5.52 Å². The van der Waals surface area contributed by atoms with Gasteiger partial charge in [-0.15, -0.1) is 11.3 Å². The first kappa shape index (κ1) is 16.6. The molecule has 0 saturated carbocycles. The van der Waals surface area contributed by atoms with Crippen molar-refractivity contribution in [1.29, 1.82) is 0 Å². The van der Waals surface area contributed by atoms with Gasteiger partial charge in [-0.3, -0.25) is 4.79 Å². The number of anilines is 1. The molecule has 5 nitrogen and oxygen atoms in total. The Morgan fingerprint density at radius 1 is 1.24 bits per heavy atom. The first-order valence-corrected chi connectivity index (χ1v) is 9.95. The summed E-state index contributed by atoms with van der Waals surface area (Å²) in [6.07, 6.45) is 0. The average molecular weight is 394 g/mol. The predicted octanol–water partition coefficient (Wildman–Crippen LogP) is 3.98. The van der Waals surface area contributed by atoms with Crippen LogP contribution in [0.2, 0.25) is 5.02 Å². The highest BCUT2D eigenvalue weighted by atomic mass is 35.5. The molecule has 3 aromatic rings. The van der Waals surface area contributed by atoms with Gasteiger partial charge in [-0.25, -0.2) is 4.98 Å². The van der Waals surface area contributed by atoms with Crippen molar-refractivity contribution in [2.24, 2.45) is 0 Å². The fourth-order valence-corrected chi connectivity index (χ4v) is 4.86. The standard InChI is InChI=1S/C17H16ClN3O2S2/c1-23-15-11(18)4-5-12-14(15)19-17(25-12)21-8-6-20(7-9-21)16(22)13-3-2-10-24-13/h2-5,10H,6-9H2,1H3. The Labute approximate surface area is 158 Å². The van der Waals surface area contributed by atoms with Crippen molar-refractivity contribution in [3.8, 4) is 5.75 Å². The lowest BCUT2D eigenvalue weighted by atomic mass is 10.3. The minimum absolute atomic E-state index is 0.118. The number of halogens is 1. The van der Waals surface area contributed by atoms with Crippen LogP contribution in [-0.4, -0.2) is 49.1 Å². The molecule has 3 heterocycles. The average Bonchev–Trinajstić information content (AvgIpc) is 3.31. The van der Waals surface area contributed by atoms with Crippen LogP contribution in [0.15, 0.2) is 29.6 Å². The number of nitrogens with zero attached hydrogens (tertiary/aromatic N) is 3. The quantitative estimate of drug-likeness (QED) is 0.675. The van der Waals surface area contributed by atoms with Crippen LogP contribution in [0.1, 0.15) is 9.67 Å². The van der Waals surface area contributed by atoms with Crippen LogP contribution in [0.4, 0.5) is 5.13 Å². The van der Waals surface area contributed by atoms with Crippen molar-refractivity contribution in [3.05, 3.63) is 39.5 Å². The highest BCUT2D eigenvalue weighted by molar-refractivity contribution is 7.22. The molecule has 8 heteroatoms. The predicted molar refractivity (Wildman–Crippen MR) is 104 cm³/mol. The van der Waals surface area contributed by atoms with Crippen LogP contribution in [0, 0.1) is 0 Å². The smallest absolute Gasteiger partial charge is 0.264 e. The lowest BCUT2D eigenvalue weighted by molar-refractivity contribution is 0.0751. The van der Waals surface area contributed by atoms with Crippen LogP contribution in [0.5, 0.6) is 5.75 Å². The van der Waals surface area contributed by atoms with Gasteiger partial charge in [0.25, 0.3) is 5.91 Å². The summed E-state index contributed by atoms with van der Waals surface area (Å²) in [5.41, 5.74) is 0.798. The molecule has 2 aromatic heterocycles. The Morgan fingerprint density at radius 3 is 2.72 bits per heavy atom. The largest absolute Gasteiger partial charge is 0.493 e. The lowest BCUT2D eigenvalue weighted by Crippen LogP contribution is -2.48.